The first-order chi connectivity index (χ1) is 9.22. The van der Waals surface area contributed by atoms with Crippen molar-refractivity contribution in [2.24, 2.45) is 23.7 Å². The number of rotatable bonds is 3. The zero-order valence-corrected chi connectivity index (χ0v) is 11.9. The predicted octanol–water partition coefficient (Wildman–Crippen LogP) is 1.52. The average Bonchev–Trinajstić information content (AvgIpc) is 2.36. The van der Waals surface area contributed by atoms with Gasteiger partial charge in [0.1, 0.15) is 0 Å². The molecule has 0 radical (unpaired) electrons. The molecule has 5 aliphatic rings. The maximum absolute atomic E-state index is 10.1. The standard InChI is InChI=1S/C16H28N2O/c19-15-1-2-17-9-14(15)10-18-16-6-11-3-12(7-16)5-13(4-11)8-16/h11-15,17-19H,1-10H2/t11?,12?,13?,14-,15-,16?/m1/s1. The molecule has 2 atom stereocenters. The fourth-order valence-corrected chi connectivity index (χ4v) is 5.79. The van der Waals surface area contributed by atoms with Crippen LogP contribution in [-0.2, 0) is 0 Å². The van der Waals surface area contributed by atoms with Crippen molar-refractivity contribution in [3.8, 4) is 0 Å². The highest BCUT2D eigenvalue weighted by Crippen LogP contribution is 2.55. The van der Waals surface area contributed by atoms with Crippen molar-refractivity contribution in [1.82, 2.24) is 10.6 Å². The molecule has 3 nitrogen and oxygen atoms in total. The molecule has 4 aliphatic carbocycles. The van der Waals surface area contributed by atoms with Crippen LogP contribution in [0.1, 0.15) is 44.9 Å². The monoisotopic (exact) mass is 264 g/mol. The van der Waals surface area contributed by atoms with Gasteiger partial charge in [0.05, 0.1) is 6.10 Å². The molecule has 5 fully saturated rings. The summed E-state index contributed by atoms with van der Waals surface area (Å²) in [5, 5.41) is 17.5. The fourth-order valence-electron chi connectivity index (χ4n) is 5.79. The summed E-state index contributed by atoms with van der Waals surface area (Å²) >= 11 is 0. The third kappa shape index (κ3) is 2.34. The molecule has 0 aromatic carbocycles. The summed E-state index contributed by atoms with van der Waals surface area (Å²) in [5.41, 5.74) is 0.450. The molecule has 3 heteroatoms. The van der Waals surface area contributed by atoms with Gasteiger partial charge in [0.2, 0.25) is 0 Å². The summed E-state index contributed by atoms with van der Waals surface area (Å²) in [4.78, 5) is 0. The van der Waals surface area contributed by atoms with Crippen molar-refractivity contribution in [2.75, 3.05) is 19.6 Å². The topological polar surface area (TPSA) is 44.3 Å². The molecule has 0 aromatic heterocycles. The van der Waals surface area contributed by atoms with Crippen LogP contribution >= 0.6 is 0 Å². The first-order valence-corrected chi connectivity index (χ1v) is 8.36. The Morgan fingerprint density at radius 3 is 2.26 bits per heavy atom. The van der Waals surface area contributed by atoms with E-state index in [-0.39, 0.29) is 6.10 Å². The first kappa shape index (κ1) is 12.6. The lowest BCUT2D eigenvalue weighted by Crippen LogP contribution is -2.60. The molecule has 5 rings (SSSR count). The van der Waals surface area contributed by atoms with E-state index < -0.39 is 0 Å². The molecule has 4 bridgehead atoms. The predicted molar refractivity (Wildman–Crippen MR) is 75.9 cm³/mol. The highest BCUT2D eigenvalue weighted by molar-refractivity contribution is 5.06. The SMILES string of the molecule is O[C@@H]1CCNC[C@@H]1CNC12CC3CC(CC(C3)C1)C2. The molecule has 1 heterocycles. The van der Waals surface area contributed by atoms with Gasteiger partial charge in [0, 0.05) is 24.5 Å². The number of nitrogens with one attached hydrogen (secondary N) is 2. The van der Waals surface area contributed by atoms with E-state index >= 15 is 0 Å². The van der Waals surface area contributed by atoms with E-state index in [1.54, 1.807) is 0 Å². The van der Waals surface area contributed by atoms with Crippen molar-refractivity contribution >= 4 is 0 Å². The summed E-state index contributed by atoms with van der Waals surface area (Å²) in [6.45, 7) is 2.98. The molecule has 1 aliphatic heterocycles. The molecule has 0 amide bonds. The molecule has 108 valence electrons. The molecular weight excluding hydrogens is 236 g/mol. The van der Waals surface area contributed by atoms with Crippen LogP contribution in [0.25, 0.3) is 0 Å². The summed E-state index contributed by atoms with van der Waals surface area (Å²) in [6, 6.07) is 0. The lowest BCUT2D eigenvalue weighted by Gasteiger charge is -2.57. The minimum Gasteiger partial charge on any atom is -0.393 e. The van der Waals surface area contributed by atoms with Crippen molar-refractivity contribution < 1.29 is 5.11 Å². The van der Waals surface area contributed by atoms with E-state index in [0.29, 0.717) is 11.5 Å². The second-order valence-electron chi connectivity index (χ2n) is 7.90. The van der Waals surface area contributed by atoms with Gasteiger partial charge in [-0.25, -0.2) is 0 Å². The maximum atomic E-state index is 10.1. The Morgan fingerprint density at radius 1 is 1.05 bits per heavy atom. The summed E-state index contributed by atoms with van der Waals surface area (Å²) in [5.74, 6) is 3.44. The lowest BCUT2D eigenvalue weighted by atomic mass is 9.53. The Morgan fingerprint density at radius 2 is 1.68 bits per heavy atom. The third-order valence-electron chi connectivity index (χ3n) is 6.35. The fraction of sp³-hybridized carbons (Fsp3) is 1.00. The van der Waals surface area contributed by atoms with Crippen LogP contribution in [0.3, 0.4) is 0 Å². The van der Waals surface area contributed by atoms with E-state index in [9.17, 15) is 5.11 Å². The summed E-state index contributed by atoms with van der Waals surface area (Å²) < 4.78 is 0. The van der Waals surface area contributed by atoms with Gasteiger partial charge in [0.15, 0.2) is 0 Å². The Balaban J connectivity index is 1.39. The maximum Gasteiger partial charge on any atom is 0.0604 e. The van der Waals surface area contributed by atoms with Crippen LogP contribution in [0.15, 0.2) is 0 Å². The van der Waals surface area contributed by atoms with Crippen LogP contribution in [0.5, 0.6) is 0 Å². The van der Waals surface area contributed by atoms with Gasteiger partial charge in [-0.3, -0.25) is 0 Å². The second kappa shape index (κ2) is 4.71. The zero-order valence-electron chi connectivity index (χ0n) is 11.9. The van der Waals surface area contributed by atoms with E-state index in [2.05, 4.69) is 10.6 Å². The first-order valence-electron chi connectivity index (χ1n) is 8.36. The largest absolute Gasteiger partial charge is 0.393 e. The Hall–Kier alpha value is -0.120. The van der Waals surface area contributed by atoms with Crippen LogP contribution in [0.4, 0.5) is 0 Å². The van der Waals surface area contributed by atoms with E-state index in [1.807, 2.05) is 0 Å². The lowest BCUT2D eigenvalue weighted by molar-refractivity contribution is -0.0259. The smallest absolute Gasteiger partial charge is 0.0604 e. The summed E-state index contributed by atoms with van der Waals surface area (Å²) in [6.07, 6.45) is 9.59. The van der Waals surface area contributed by atoms with Crippen molar-refractivity contribution in [2.45, 2.75) is 56.6 Å². The van der Waals surface area contributed by atoms with E-state index in [1.165, 1.54) is 38.5 Å². The minimum absolute atomic E-state index is 0.0948. The number of aliphatic hydroxyl groups is 1. The Labute approximate surface area is 116 Å². The number of aliphatic hydroxyl groups excluding tert-OH is 1. The molecule has 0 unspecified atom stereocenters. The van der Waals surface area contributed by atoms with Gasteiger partial charge in [-0.15, -0.1) is 0 Å². The van der Waals surface area contributed by atoms with E-state index in [0.717, 1.165) is 43.8 Å². The normalized spacial score (nSPS) is 52.6. The molecule has 1 saturated heterocycles. The Bertz CT molecular complexity index is 308. The third-order valence-corrected chi connectivity index (χ3v) is 6.35. The quantitative estimate of drug-likeness (QED) is 0.724. The van der Waals surface area contributed by atoms with Crippen molar-refractivity contribution in [3.63, 3.8) is 0 Å². The van der Waals surface area contributed by atoms with Crippen LogP contribution in [-0.4, -0.2) is 36.4 Å². The van der Waals surface area contributed by atoms with Gasteiger partial charge < -0.3 is 15.7 Å². The highest BCUT2D eigenvalue weighted by Gasteiger charge is 2.50. The number of piperidine rings is 1. The van der Waals surface area contributed by atoms with Gasteiger partial charge in [-0.2, -0.15) is 0 Å². The number of hydrogen-bond acceptors (Lipinski definition) is 3. The van der Waals surface area contributed by atoms with Crippen LogP contribution in [0.2, 0.25) is 0 Å². The highest BCUT2D eigenvalue weighted by atomic mass is 16.3. The van der Waals surface area contributed by atoms with Crippen LogP contribution in [0, 0.1) is 23.7 Å². The van der Waals surface area contributed by atoms with Crippen LogP contribution < -0.4 is 10.6 Å². The molecule has 19 heavy (non-hydrogen) atoms. The molecule has 0 aromatic rings. The zero-order chi connectivity index (χ0) is 12.9. The molecule has 4 saturated carbocycles. The molecule has 0 spiro atoms. The van der Waals surface area contributed by atoms with Gasteiger partial charge in [0.25, 0.3) is 0 Å². The second-order valence-corrected chi connectivity index (χ2v) is 7.90. The molecule has 3 N–H and O–H groups in total. The molecular formula is C16H28N2O. The van der Waals surface area contributed by atoms with Gasteiger partial charge >= 0.3 is 0 Å². The van der Waals surface area contributed by atoms with Gasteiger partial charge in [-0.05, 0) is 69.2 Å². The van der Waals surface area contributed by atoms with Gasteiger partial charge in [-0.1, -0.05) is 0 Å². The average molecular weight is 264 g/mol. The minimum atomic E-state index is -0.0948. The van der Waals surface area contributed by atoms with Crippen molar-refractivity contribution in [1.29, 1.82) is 0 Å². The summed E-state index contributed by atoms with van der Waals surface area (Å²) in [7, 11) is 0. The van der Waals surface area contributed by atoms with Crippen molar-refractivity contribution in [3.05, 3.63) is 0 Å². The Kier molecular flexibility index (Phi) is 3.13. The number of hydrogen-bond donors (Lipinski definition) is 3. The van der Waals surface area contributed by atoms with E-state index in [4.69, 9.17) is 0 Å².